The second-order valence-electron chi connectivity index (χ2n) is 7.30. The van der Waals surface area contributed by atoms with Gasteiger partial charge in [-0.3, -0.25) is 4.72 Å². The predicted molar refractivity (Wildman–Crippen MR) is 115 cm³/mol. The summed E-state index contributed by atoms with van der Waals surface area (Å²) in [6.07, 6.45) is 4.49. The number of imidazole rings is 1. The predicted octanol–water partition coefficient (Wildman–Crippen LogP) is 2.48. The van der Waals surface area contributed by atoms with Crippen molar-refractivity contribution in [2.75, 3.05) is 16.3 Å². The van der Waals surface area contributed by atoms with Gasteiger partial charge in [-0.2, -0.15) is 0 Å². The van der Waals surface area contributed by atoms with E-state index in [2.05, 4.69) is 25.9 Å². The zero-order valence-corrected chi connectivity index (χ0v) is 17.3. The Bertz CT molecular complexity index is 1120. The van der Waals surface area contributed by atoms with Crippen molar-refractivity contribution in [1.82, 2.24) is 20.4 Å². The van der Waals surface area contributed by atoms with E-state index in [0.717, 1.165) is 23.1 Å². The van der Waals surface area contributed by atoms with Gasteiger partial charge >= 0.3 is 0 Å². The maximum atomic E-state index is 15.1. The molecule has 0 spiro atoms. The lowest BCUT2D eigenvalue weighted by molar-refractivity contribution is 0.288. The first-order valence-electron chi connectivity index (χ1n) is 9.38. The summed E-state index contributed by atoms with van der Waals surface area (Å²) in [4.78, 5) is 4.03. The first-order chi connectivity index (χ1) is 14.3. The van der Waals surface area contributed by atoms with E-state index in [1.807, 2.05) is 42.0 Å². The van der Waals surface area contributed by atoms with Crippen molar-refractivity contribution in [1.29, 1.82) is 0 Å². The average molecular weight is 431 g/mol. The minimum absolute atomic E-state index is 0.464. The van der Waals surface area contributed by atoms with Crippen LogP contribution in [0.4, 0.5) is 15.8 Å². The monoisotopic (exact) mass is 430 g/mol. The number of alkyl halides is 1. The molecule has 1 fully saturated rings. The molecule has 3 atom stereocenters. The summed E-state index contributed by atoms with van der Waals surface area (Å²) >= 11 is 0. The second kappa shape index (κ2) is 8.05. The number of nitrogens with zero attached hydrogens (tertiary/aromatic N) is 2. The summed E-state index contributed by atoms with van der Waals surface area (Å²) in [5.41, 5.74) is 9.73. The minimum atomic E-state index is -3.35. The number of sulfonamides is 1. The molecule has 1 aliphatic heterocycles. The summed E-state index contributed by atoms with van der Waals surface area (Å²) < 4.78 is 42.2. The van der Waals surface area contributed by atoms with Gasteiger partial charge in [0.1, 0.15) is 6.17 Å². The zero-order chi connectivity index (χ0) is 21.3. The molecule has 1 aliphatic rings. The van der Waals surface area contributed by atoms with Crippen molar-refractivity contribution in [3.05, 3.63) is 72.3 Å². The standard InChI is InChI=1S/C20H23FN6O2S/c1-13-11-15(26-30(2,28)29)5-8-17(13)23-20-18(21)19(24-25-20)14-3-6-16(7-4-14)27-10-9-22-12-27/h3-12,18-20,23-26H,1-2H3. The van der Waals surface area contributed by atoms with E-state index in [9.17, 15) is 8.42 Å². The Morgan fingerprint density at radius 2 is 1.90 bits per heavy atom. The third-order valence-electron chi connectivity index (χ3n) is 4.93. The Hall–Kier alpha value is -2.95. The Morgan fingerprint density at radius 3 is 2.53 bits per heavy atom. The van der Waals surface area contributed by atoms with E-state index in [1.54, 1.807) is 30.7 Å². The largest absolute Gasteiger partial charge is 0.366 e. The smallest absolute Gasteiger partial charge is 0.229 e. The van der Waals surface area contributed by atoms with Gasteiger partial charge in [0.2, 0.25) is 10.0 Å². The van der Waals surface area contributed by atoms with Crippen LogP contribution in [0.1, 0.15) is 17.2 Å². The summed E-state index contributed by atoms with van der Waals surface area (Å²) in [6, 6.07) is 12.2. The number of anilines is 2. The van der Waals surface area contributed by atoms with Gasteiger partial charge in [-0.1, -0.05) is 12.1 Å². The lowest BCUT2D eigenvalue weighted by Gasteiger charge is -2.20. The van der Waals surface area contributed by atoms with Crippen LogP contribution in [0.25, 0.3) is 5.69 Å². The normalized spacial score (nSPS) is 21.5. The van der Waals surface area contributed by atoms with Crippen LogP contribution in [0.15, 0.2) is 61.2 Å². The molecule has 30 heavy (non-hydrogen) atoms. The van der Waals surface area contributed by atoms with Crippen molar-refractivity contribution >= 4 is 21.4 Å². The van der Waals surface area contributed by atoms with E-state index < -0.39 is 28.4 Å². The van der Waals surface area contributed by atoms with Crippen molar-refractivity contribution < 1.29 is 12.8 Å². The molecule has 10 heteroatoms. The maximum absolute atomic E-state index is 15.1. The van der Waals surface area contributed by atoms with E-state index >= 15 is 4.39 Å². The molecule has 0 aliphatic carbocycles. The summed E-state index contributed by atoms with van der Waals surface area (Å²) in [6.45, 7) is 1.83. The molecule has 3 aromatic rings. The molecule has 0 amide bonds. The molecule has 0 radical (unpaired) electrons. The number of rotatable bonds is 6. The zero-order valence-electron chi connectivity index (χ0n) is 16.5. The van der Waals surface area contributed by atoms with E-state index in [-0.39, 0.29) is 0 Å². The van der Waals surface area contributed by atoms with Gasteiger partial charge in [-0.05, 0) is 48.4 Å². The van der Waals surface area contributed by atoms with Crippen LogP contribution in [0.5, 0.6) is 0 Å². The molecule has 2 heterocycles. The molecule has 0 saturated carbocycles. The molecule has 1 aromatic heterocycles. The number of nitrogens with one attached hydrogen (secondary N) is 4. The maximum Gasteiger partial charge on any atom is 0.229 e. The van der Waals surface area contributed by atoms with Crippen LogP contribution < -0.4 is 20.9 Å². The van der Waals surface area contributed by atoms with Crippen LogP contribution in [0.3, 0.4) is 0 Å². The molecular formula is C20H23FN6O2S. The molecule has 4 rings (SSSR count). The molecule has 8 nitrogen and oxygen atoms in total. The average Bonchev–Trinajstić information content (AvgIpc) is 3.34. The fourth-order valence-corrected chi connectivity index (χ4v) is 4.01. The van der Waals surface area contributed by atoms with Crippen LogP contribution in [0, 0.1) is 6.92 Å². The molecular weight excluding hydrogens is 407 g/mol. The van der Waals surface area contributed by atoms with Crippen molar-refractivity contribution in [2.24, 2.45) is 0 Å². The Morgan fingerprint density at radius 1 is 1.13 bits per heavy atom. The first kappa shape index (κ1) is 20.3. The third-order valence-corrected chi connectivity index (χ3v) is 5.53. The van der Waals surface area contributed by atoms with E-state index in [4.69, 9.17) is 0 Å². The number of hydrazine groups is 1. The highest BCUT2D eigenvalue weighted by atomic mass is 32.2. The Labute approximate surface area is 174 Å². The molecule has 1 saturated heterocycles. The van der Waals surface area contributed by atoms with Crippen molar-refractivity contribution in [3.8, 4) is 5.69 Å². The molecule has 3 unspecified atom stereocenters. The molecule has 4 N–H and O–H groups in total. The number of hydrogen-bond acceptors (Lipinski definition) is 6. The Balaban J connectivity index is 1.44. The van der Waals surface area contributed by atoms with Gasteiger partial charge in [0.25, 0.3) is 0 Å². The van der Waals surface area contributed by atoms with Gasteiger partial charge in [-0.15, -0.1) is 0 Å². The fraction of sp³-hybridized carbons (Fsp3) is 0.250. The number of halogens is 1. The highest BCUT2D eigenvalue weighted by Gasteiger charge is 2.37. The number of aromatic nitrogens is 2. The van der Waals surface area contributed by atoms with Crippen LogP contribution in [0.2, 0.25) is 0 Å². The quantitative estimate of drug-likeness (QED) is 0.480. The van der Waals surface area contributed by atoms with Gasteiger partial charge in [-0.25, -0.2) is 28.6 Å². The molecule has 2 aromatic carbocycles. The number of benzene rings is 2. The van der Waals surface area contributed by atoms with Gasteiger partial charge in [0, 0.05) is 29.5 Å². The van der Waals surface area contributed by atoms with Crippen molar-refractivity contribution in [3.63, 3.8) is 0 Å². The fourth-order valence-electron chi connectivity index (χ4n) is 3.45. The Kier molecular flexibility index (Phi) is 5.46. The summed E-state index contributed by atoms with van der Waals surface area (Å²) in [5.74, 6) is 0. The van der Waals surface area contributed by atoms with Crippen LogP contribution in [-0.4, -0.2) is 36.6 Å². The lowest BCUT2D eigenvalue weighted by Crippen LogP contribution is -2.39. The topological polar surface area (TPSA) is 100 Å². The van der Waals surface area contributed by atoms with Crippen LogP contribution >= 0.6 is 0 Å². The molecule has 158 valence electrons. The van der Waals surface area contributed by atoms with E-state index in [0.29, 0.717) is 11.4 Å². The number of aryl methyl sites for hydroxylation is 1. The number of hydrogen-bond donors (Lipinski definition) is 4. The minimum Gasteiger partial charge on any atom is -0.366 e. The van der Waals surface area contributed by atoms with Gasteiger partial charge < -0.3 is 9.88 Å². The van der Waals surface area contributed by atoms with Crippen molar-refractivity contribution in [2.45, 2.75) is 25.3 Å². The summed E-state index contributed by atoms with van der Waals surface area (Å²) in [5, 5.41) is 3.14. The van der Waals surface area contributed by atoms with Crippen LogP contribution in [-0.2, 0) is 10.0 Å². The SMILES string of the molecule is Cc1cc(NS(C)(=O)=O)ccc1NC1NNC(c2ccc(-n3ccnc3)cc2)C1F. The highest BCUT2D eigenvalue weighted by molar-refractivity contribution is 7.92. The van der Waals surface area contributed by atoms with Gasteiger partial charge in [0.05, 0.1) is 18.6 Å². The molecule has 0 bridgehead atoms. The highest BCUT2D eigenvalue weighted by Crippen LogP contribution is 2.29. The first-order valence-corrected chi connectivity index (χ1v) is 11.3. The lowest BCUT2D eigenvalue weighted by atomic mass is 10.0. The third kappa shape index (κ3) is 4.45. The van der Waals surface area contributed by atoms with E-state index in [1.165, 1.54) is 0 Å². The van der Waals surface area contributed by atoms with Gasteiger partial charge in [0.15, 0.2) is 6.17 Å². The summed E-state index contributed by atoms with van der Waals surface area (Å²) in [7, 11) is -3.35. The second-order valence-corrected chi connectivity index (χ2v) is 9.05.